The summed E-state index contributed by atoms with van der Waals surface area (Å²) in [6.45, 7) is 13.4. The van der Waals surface area contributed by atoms with Crippen molar-refractivity contribution in [3.63, 3.8) is 0 Å². The minimum absolute atomic E-state index is 0.808. The maximum atomic E-state index is 4.12. The van der Waals surface area contributed by atoms with E-state index in [1.54, 1.807) is 7.05 Å². The Labute approximate surface area is 141 Å². The highest BCUT2D eigenvalue weighted by Crippen LogP contribution is 2.15. The molecule has 0 fully saturated rings. The van der Waals surface area contributed by atoms with Gasteiger partial charge in [-0.05, 0) is 60.6 Å². The van der Waals surface area contributed by atoms with Gasteiger partial charge in [0.25, 0.3) is 0 Å². The van der Waals surface area contributed by atoms with E-state index in [0.717, 1.165) is 36.2 Å². The van der Waals surface area contributed by atoms with Crippen LogP contribution in [0.2, 0.25) is 0 Å². The molecular weight excluding hydrogens is 280 g/mol. The summed E-state index contributed by atoms with van der Waals surface area (Å²) in [6, 6.07) is 6.77. The van der Waals surface area contributed by atoms with Gasteiger partial charge < -0.3 is 5.32 Å². The lowest BCUT2D eigenvalue weighted by Gasteiger charge is -2.13. The number of rotatable bonds is 8. The van der Waals surface area contributed by atoms with Crippen LogP contribution in [0.25, 0.3) is 0 Å². The molecule has 0 atom stereocenters. The van der Waals surface area contributed by atoms with Gasteiger partial charge in [-0.25, -0.2) is 0 Å². The zero-order valence-electron chi connectivity index (χ0n) is 15.2. The molecule has 0 aliphatic heterocycles. The summed E-state index contributed by atoms with van der Waals surface area (Å²) in [7, 11) is 1.79. The van der Waals surface area contributed by atoms with E-state index in [1.807, 2.05) is 13.1 Å². The predicted molar refractivity (Wildman–Crippen MR) is 103 cm³/mol. The first kappa shape index (κ1) is 19.0. The SMILES string of the molecule is C=C(/C=C(/C)C(=CC)/C=N\C)NCc1ccc(CC)cc1CC. The quantitative estimate of drug-likeness (QED) is 0.530. The monoisotopic (exact) mass is 310 g/mol. The largest absolute Gasteiger partial charge is 0.381 e. The molecular formula is C21H30N2. The van der Waals surface area contributed by atoms with Crippen molar-refractivity contribution in [1.82, 2.24) is 5.32 Å². The van der Waals surface area contributed by atoms with Crippen LogP contribution in [0.3, 0.4) is 0 Å². The zero-order chi connectivity index (χ0) is 17.2. The second kappa shape index (κ2) is 9.83. The number of hydrogen-bond acceptors (Lipinski definition) is 2. The van der Waals surface area contributed by atoms with E-state index in [-0.39, 0.29) is 0 Å². The molecule has 2 heteroatoms. The van der Waals surface area contributed by atoms with Gasteiger partial charge in [0.1, 0.15) is 0 Å². The van der Waals surface area contributed by atoms with Crippen molar-refractivity contribution in [3.05, 3.63) is 70.5 Å². The van der Waals surface area contributed by atoms with Gasteiger partial charge >= 0.3 is 0 Å². The number of allylic oxidation sites excluding steroid dienone is 4. The molecule has 1 aromatic carbocycles. The molecule has 2 nitrogen and oxygen atoms in total. The van der Waals surface area contributed by atoms with E-state index in [0.29, 0.717) is 0 Å². The molecule has 0 aromatic heterocycles. The van der Waals surface area contributed by atoms with Crippen LogP contribution in [-0.4, -0.2) is 13.3 Å². The van der Waals surface area contributed by atoms with Crippen LogP contribution >= 0.6 is 0 Å². The van der Waals surface area contributed by atoms with Gasteiger partial charge in [-0.2, -0.15) is 0 Å². The summed E-state index contributed by atoms with van der Waals surface area (Å²) >= 11 is 0. The number of hydrogen-bond donors (Lipinski definition) is 1. The van der Waals surface area contributed by atoms with Crippen molar-refractivity contribution in [2.45, 2.75) is 47.1 Å². The van der Waals surface area contributed by atoms with Crippen molar-refractivity contribution in [2.75, 3.05) is 7.05 Å². The smallest absolute Gasteiger partial charge is 0.0403 e. The van der Waals surface area contributed by atoms with Crippen molar-refractivity contribution >= 4 is 6.21 Å². The van der Waals surface area contributed by atoms with Crippen LogP contribution in [0.5, 0.6) is 0 Å². The van der Waals surface area contributed by atoms with Gasteiger partial charge in [0.15, 0.2) is 0 Å². The molecule has 0 aliphatic rings. The van der Waals surface area contributed by atoms with Gasteiger partial charge in [0.05, 0.1) is 0 Å². The molecule has 0 aliphatic carbocycles. The summed E-state index contributed by atoms with van der Waals surface area (Å²) in [4.78, 5) is 4.08. The summed E-state index contributed by atoms with van der Waals surface area (Å²) in [6.07, 6.45) is 8.15. The van der Waals surface area contributed by atoms with Crippen LogP contribution < -0.4 is 5.32 Å². The molecule has 1 aromatic rings. The molecule has 0 bridgehead atoms. The Balaban J connectivity index is 2.77. The highest BCUT2D eigenvalue weighted by molar-refractivity contribution is 5.84. The maximum absolute atomic E-state index is 4.12. The van der Waals surface area contributed by atoms with E-state index in [4.69, 9.17) is 0 Å². The van der Waals surface area contributed by atoms with Crippen LogP contribution in [-0.2, 0) is 19.4 Å². The molecule has 0 heterocycles. The Kier molecular flexibility index (Phi) is 8.10. The molecule has 23 heavy (non-hydrogen) atoms. The molecule has 124 valence electrons. The normalized spacial score (nSPS) is 12.7. The van der Waals surface area contributed by atoms with Crippen molar-refractivity contribution in [3.8, 4) is 0 Å². The number of nitrogens with one attached hydrogen (secondary N) is 1. The summed E-state index contributed by atoms with van der Waals surface area (Å²) in [5.41, 5.74) is 7.37. The molecule has 0 saturated heterocycles. The summed E-state index contributed by atoms with van der Waals surface area (Å²) in [5, 5.41) is 3.42. The van der Waals surface area contributed by atoms with Gasteiger partial charge in [0, 0.05) is 25.5 Å². The highest BCUT2D eigenvalue weighted by atomic mass is 14.9. The van der Waals surface area contributed by atoms with E-state index in [2.05, 4.69) is 68.0 Å². The minimum Gasteiger partial charge on any atom is -0.381 e. The Morgan fingerprint density at radius 3 is 2.52 bits per heavy atom. The zero-order valence-corrected chi connectivity index (χ0v) is 15.2. The van der Waals surface area contributed by atoms with Crippen LogP contribution in [0.1, 0.15) is 44.4 Å². The molecule has 0 unspecified atom stereocenters. The second-order valence-electron chi connectivity index (χ2n) is 5.65. The number of nitrogens with zero attached hydrogens (tertiary/aromatic N) is 1. The van der Waals surface area contributed by atoms with Crippen molar-refractivity contribution in [2.24, 2.45) is 4.99 Å². The third-order valence-corrected chi connectivity index (χ3v) is 3.99. The molecule has 0 amide bonds. The van der Waals surface area contributed by atoms with Gasteiger partial charge in [0.2, 0.25) is 0 Å². The van der Waals surface area contributed by atoms with Crippen molar-refractivity contribution < 1.29 is 0 Å². The topological polar surface area (TPSA) is 24.4 Å². The fraction of sp³-hybridized carbons (Fsp3) is 0.381. The van der Waals surface area contributed by atoms with Gasteiger partial charge in [-0.3, -0.25) is 4.99 Å². The fourth-order valence-electron chi connectivity index (χ4n) is 2.55. The average molecular weight is 310 g/mol. The number of benzene rings is 1. The first-order valence-electron chi connectivity index (χ1n) is 8.36. The molecule has 0 radical (unpaired) electrons. The Morgan fingerprint density at radius 1 is 1.22 bits per heavy atom. The van der Waals surface area contributed by atoms with Crippen molar-refractivity contribution in [1.29, 1.82) is 0 Å². The summed E-state index contributed by atoms with van der Waals surface area (Å²) in [5.74, 6) is 0. The lowest BCUT2D eigenvalue weighted by atomic mass is 10.0. The van der Waals surface area contributed by atoms with E-state index in [9.17, 15) is 0 Å². The van der Waals surface area contributed by atoms with E-state index >= 15 is 0 Å². The molecule has 1 N–H and O–H groups in total. The Bertz CT molecular complexity index is 619. The summed E-state index contributed by atoms with van der Waals surface area (Å²) < 4.78 is 0. The maximum Gasteiger partial charge on any atom is 0.0403 e. The van der Waals surface area contributed by atoms with Crippen LogP contribution in [0, 0.1) is 0 Å². The third kappa shape index (κ3) is 5.90. The Hall–Kier alpha value is -2.09. The van der Waals surface area contributed by atoms with E-state index in [1.165, 1.54) is 16.7 Å². The average Bonchev–Trinajstić information content (AvgIpc) is 2.57. The number of aliphatic imine (C=N–C) groups is 1. The second-order valence-corrected chi connectivity index (χ2v) is 5.65. The first-order valence-corrected chi connectivity index (χ1v) is 8.36. The molecule has 0 saturated carbocycles. The molecule has 0 spiro atoms. The first-order chi connectivity index (χ1) is 11.0. The van der Waals surface area contributed by atoms with Gasteiger partial charge in [-0.1, -0.05) is 44.7 Å². The Morgan fingerprint density at radius 2 is 1.96 bits per heavy atom. The van der Waals surface area contributed by atoms with E-state index < -0.39 is 0 Å². The third-order valence-electron chi connectivity index (χ3n) is 3.99. The lowest BCUT2D eigenvalue weighted by Crippen LogP contribution is -2.12. The lowest BCUT2D eigenvalue weighted by molar-refractivity contribution is 0.820. The minimum atomic E-state index is 0.808. The fourth-order valence-corrected chi connectivity index (χ4v) is 2.55. The predicted octanol–water partition coefficient (Wildman–Crippen LogP) is 5.01. The standard InChI is InChI=1S/C21H30N2/c1-7-18-10-11-21(19(8-2)13-18)15-23-17(5)12-16(4)20(9-3)14-22-6/h9-14,23H,5,7-8,15H2,1-4,6H3/b16-12-,20-9?,22-14-. The van der Waals surface area contributed by atoms with Crippen LogP contribution in [0.4, 0.5) is 0 Å². The number of aryl methyl sites for hydroxylation is 2. The van der Waals surface area contributed by atoms with Crippen LogP contribution in [0.15, 0.2) is 58.8 Å². The van der Waals surface area contributed by atoms with Gasteiger partial charge in [-0.15, -0.1) is 0 Å². The molecule has 1 rings (SSSR count). The highest BCUT2D eigenvalue weighted by Gasteiger charge is 2.03.